The van der Waals surface area contributed by atoms with Gasteiger partial charge in [0.25, 0.3) is 11.8 Å². The monoisotopic (exact) mass is 1940 g/mol. The zero-order valence-corrected chi connectivity index (χ0v) is 84.8. The minimum atomic E-state index is -1.52. The molecule has 3 aliphatic heterocycles. The summed E-state index contributed by atoms with van der Waals surface area (Å²) in [4.78, 5) is 203. The van der Waals surface area contributed by atoms with Crippen LogP contribution in [0.2, 0.25) is 0 Å². The highest BCUT2D eigenvalue weighted by Crippen LogP contribution is 2.38. The third kappa shape index (κ3) is 34.7. The van der Waals surface area contributed by atoms with Crippen molar-refractivity contribution in [2.24, 2.45) is 0 Å². The Morgan fingerprint density at radius 2 is 0.452 bits per heavy atom. The number of hydrogen-bond donors (Lipinski definition) is 14. The molecule has 6 bridgehead atoms. The number of carbonyl (C=O) groups is 14. The average molecular weight is 1940 g/mol. The molecule has 3 aliphatic rings. The largest absolute Gasteiger partial charge is 0.460 e. The van der Waals surface area contributed by atoms with Crippen LogP contribution in [-0.2, 0) is 135 Å². The van der Waals surface area contributed by atoms with E-state index >= 15 is 28.8 Å². The van der Waals surface area contributed by atoms with Gasteiger partial charge in [0.1, 0.15) is 33.6 Å². The minimum Gasteiger partial charge on any atom is -0.460 e. The first-order valence-electron chi connectivity index (χ1n) is 46.6. The number of esters is 6. The van der Waals surface area contributed by atoms with Gasteiger partial charge < -0.3 is 103 Å². The van der Waals surface area contributed by atoms with Gasteiger partial charge in [-0.25, -0.2) is 28.8 Å². The van der Waals surface area contributed by atoms with Gasteiger partial charge in [-0.15, -0.1) is 0 Å². The van der Waals surface area contributed by atoms with Crippen molar-refractivity contribution in [3.8, 4) is 0 Å². The average Bonchev–Trinajstić information content (AvgIpc) is 0.767. The maximum absolute atomic E-state index is 15.5. The smallest absolute Gasteiger partial charge is 0.319 e. The summed E-state index contributed by atoms with van der Waals surface area (Å²) in [6.45, 7) is 41.0. The van der Waals surface area contributed by atoms with Crippen LogP contribution < -0.4 is 74.4 Å². The first-order valence-corrected chi connectivity index (χ1v) is 47.4. The summed E-state index contributed by atoms with van der Waals surface area (Å²) in [5, 5.41) is 41.9. The first-order chi connectivity index (χ1) is 62.9. The van der Waals surface area contributed by atoms with Crippen molar-refractivity contribution in [3.63, 3.8) is 0 Å². The number of rotatable bonds is 28. The minimum absolute atomic E-state index is 0.00938. The van der Waals surface area contributed by atoms with E-state index in [0.717, 1.165) is 11.1 Å². The second kappa shape index (κ2) is 47.4. The number of urea groups is 6. The van der Waals surface area contributed by atoms with Gasteiger partial charge in [-0.3, -0.25) is 38.4 Å². The van der Waals surface area contributed by atoms with Crippen molar-refractivity contribution in [1.82, 2.24) is 42.5 Å². The highest BCUT2D eigenvalue weighted by molar-refractivity contribution is 9.10. The number of ether oxygens (including phenoxy) is 6. The molecular weight excluding hydrogens is 1800 g/mol. The maximum Gasteiger partial charge on any atom is 0.319 e. The molecule has 0 spiro atoms. The lowest BCUT2D eigenvalue weighted by atomic mass is 9.83. The zero-order chi connectivity index (χ0) is 101. The lowest BCUT2D eigenvalue weighted by Gasteiger charge is -2.36. The Morgan fingerprint density at radius 1 is 0.274 bits per heavy atom. The number of fused-ring (bicyclic) bond motifs is 18. The number of nitrogens with one attached hydrogen (secondary N) is 14. The van der Waals surface area contributed by atoms with Crippen molar-refractivity contribution in [2.45, 2.75) is 366 Å². The van der Waals surface area contributed by atoms with Crippen LogP contribution in [0.4, 0.5) is 62.9 Å². The van der Waals surface area contributed by atoms with E-state index in [0.29, 0.717) is 92.2 Å². The lowest BCUT2D eigenvalue weighted by molar-refractivity contribution is -0.158. The Bertz CT molecular complexity index is 4790. The van der Waals surface area contributed by atoms with E-state index in [9.17, 15) is 38.4 Å². The van der Waals surface area contributed by atoms with Gasteiger partial charge in [-0.1, -0.05) is 57.5 Å². The predicted octanol–water partition coefficient (Wildman–Crippen LogP) is 18.0. The van der Waals surface area contributed by atoms with Crippen LogP contribution in [0, 0.1) is 0 Å². The molecule has 34 nitrogen and oxygen atoms in total. The van der Waals surface area contributed by atoms with Gasteiger partial charge in [0, 0.05) is 104 Å². The highest BCUT2D eigenvalue weighted by Gasteiger charge is 2.40. The van der Waals surface area contributed by atoms with Crippen LogP contribution in [0.1, 0.15) is 331 Å². The van der Waals surface area contributed by atoms with E-state index in [2.05, 4.69) is 90.4 Å². The van der Waals surface area contributed by atoms with Gasteiger partial charge >= 0.3 is 72.0 Å². The summed E-state index contributed by atoms with van der Waals surface area (Å²) in [5.41, 5.74) is -0.627. The van der Waals surface area contributed by atoms with Crippen LogP contribution in [0.3, 0.4) is 0 Å². The molecule has 14 N–H and O–H groups in total. The van der Waals surface area contributed by atoms with Crippen molar-refractivity contribution in [1.29, 1.82) is 0 Å². The van der Waals surface area contributed by atoms with Gasteiger partial charge in [-0.05, 0) is 323 Å². The van der Waals surface area contributed by atoms with Gasteiger partial charge in [0.15, 0.2) is 0 Å². The Kier molecular flexibility index (Phi) is 38.6. The van der Waals surface area contributed by atoms with Gasteiger partial charge in [0.05, 0.1) is 34.1 Å². The summed E-state index contributed by atoms with van der Waals surface area (Å²) in [5.74, 6) is -5.31. The second-order valence-electron chi connectivity index (χ2n) is 39.9. The molecular formula is C100H143BrN14O20. The summed E-state index contributed by atoms with van der Waals surface area (Å²) in [7, 11) is 0. The molecule has 8 rings (SSSR count). The molecule has 740 valence electrons. The van der Waals surface area contributed by atoms with E-state index < -0.39 is 129 Å². The molecule has 0 fully saturated rings. The first kappa shape index (κ1) is 110. The number of carbonyl (C=O) groups excluding carboxylic acids is 14. The van der Waals surface area contributed by atoms with Crippen LogP contribution >= 0.6 is 15.9 Å². The molecule has 0 aromatic heterocycles. The molecule has 0 atom stereocenters. The number of halogens is 1. The molecule has 135 heavy (non-hydrogen) atoms. The third-order valence-corrected chi connectivity index (χ3v) is 22.7. The fraction of sp³-hybridized carbons (Fsp3) is 0.560. The number of amides is 14. The molecule has 35 heteroatoms. The lowest BCUT2D eigenvalue weighted by Crippen LogP contribution is -2.50. The summed E-state index contributed by atoms with van der Waals surface area (Å²) in [6.07, 6.45) is -0.587. The Balaban J connectivity index is 1.49. The van der Waals surface area contributed by atoms with Crippen LogP contribution in [0.15, 0.2) is 59.1 Å². The molecule has 5 aromatic rings. The SMILES string of the molecule is CCc1c2c(CC)c3c(CC)c1CNC(=O)Nc1ccc(C(=O)NC(CCC(=O)OC(C)(C)C)(CCC(=O)OC(C)(C)C)CCC(=O)OC(C)(C)C)cc1NC(=O)NCc1c(CC)c(c(CC)c(c1CC)CNC(=O)Nc1cc(C(=O)NC(CCC(=O)OC(C)(C)C)(CCC(=O)OC(C)(C)C)CCC(=O)OC(C)(C)C)ccc1NC(=O)NC2)CNC(=O)Nc1ccc(Br)cc1NC(=O)NC3. The summed E-state index contributed by atoms with van der Waals surface area (Å²) < 4.78 is 35.0. The standard InChI is InChI=1S/C100H143BrN14O20/c1-25-61-67-52-102-87(124)108-73-34-31-58(85(122)114-99(43-37-79(116)130-93(7,8)9,44-38-80(117)131-94(10,11)12)45-39-81(118)132-95(13,14)15)49-76(73)111-90(127)105-55-70-62(26-2)69-54-104-89(126)110-75-36-33-60(101)51-78(75)113-92(129)107-57-72(64(67)28-4)65(29-5)68(61)53-103-88(125)109-74-35-32-59(50-77(74)112-91(128)106-56-71(63(69)27-3)66(70)30-6)86(123)115-100(46-40-82(119)133-96(16,17)18,47-41-83(120)134-97(19,20)21)48-42-84(121)135-98(22,23)24/h31-36,49-51H,25-30,37-48,52-57H2,1-24H3,(H,114,122)(H,115,123)(H2,102,108,124)(H2,103,109,125)(H2,104,110,126)(H2,105,111,127)(H2,106,112,128)(H2,107,113,129). The second-order valence-corrected chi connectivity index (χ2v) is 40.8. The molecule has 0 radical (unpaired) electrons. The number of anilines is 6. The van der Waals surface area contributed by atoms with Crippen molar-refractivity contribution in [3.05, 3.63) is 137 Å². The van der Waals surface area contributed by atoms with Crippen molar-refractivity contribution >= 4 is 134 Å². The molecule has 0 aliphatic carbocycles. The third-order valence-electron chi connectivity index (χ3n) is 22.2. The van der Waals surface area contributed by atoms with Crippen molar-refractivity contribution < 1.29 is 95.5 Å². The summed E-state index contributed by atoms with van der Waals surface area (Å²) in [6, 6.07) is 8.63. The Hall–Kier alpha value is -12.0. The van der Waals surface area contributed by atoms with Crippen LogP contribution in [-0.4, -0.2) is 129 Å². The molecule has 0 saturated carbocycles. The molecule has 5 aromatic carbocycles. The molecule has 3 heterocycles. The van der Waals surface area contributed by atoms with E-state index in [1.54, 1.807) is 143 Å². The topological polar surface area (TPSA) is 463 Å². The number of hydrogen-bond acceptors (Lipinski definition) is 20. The molecule has 14 amide bonds. The Morgan fingerprint density at radius 3 is 0.637 bits per heavy atom. The van der Waals surface area contributed by atoms with Crippen molar-refractivity contribution in [2.75, 3.05) is 31.9 Å². The van der Waals surface area contributed by atoms with Crippen LogP contribution in [0.25, 0.3) is 0 Å². The van der Waals surface area contributed by atoms with E-state index in [1.807, 2.05) is 41.5 Å². The number of benzene rings is 5. The van der Waals surface area contributed by atoms with E-state index in [1.165, 1.54) is 36.4 Å². The van der Waals surface area contributed by atoms with E-state index in [4.69, 9.17) is 28.4 Å². The molecule has 0 unspecified atom stereocenters. The van der Waals surface area contributed by atoms with Gasteiger partial charge in [0.2, 0.25) is 0 Å². The van der Waals surface area contributed by atoms with Gasteiger partial charge in [-0.2, -0.15) is 0 Å². The highest BCUT2D eigenvalue weighted by atomic mass is 79.9. The fourth-order valence-electron chi connectivity index (χ4n) is 16.7. The van der Waals surface area contributed by atoms with Crippen LogP contribution in [0.5, 0.6) is 0 Å². The maximum atomic E-state index is 15.5. The predicted molar refractivity (Wildman–Crippen MR) is 522 cm³/mol. The summed E-state index contributed by atoms with van der Waals surface area (Å²) >= 11 is 3.54. The quantitative estimate of drug-likeness (QED) is 0.0163. The van der Waals surface area contributed by atoms with E-state index in [-0.39, 0.29) is 168 Å². The zero-order valence-electron chi connectivity index (χ0n) is 83.2. The fourth-order valence-corrected chi connectivity index (χ4v) is 17.1. The normalized spacial score (nSPS) is 14.2. The Labute approximate surface area is 802 Å². The molecule has 0 saturated heterocycles.